The lowest BCUT2D eigenvalue weighted by Crippen LogP contribution is -2.13. The minimum Gasteiger partial charge on any atom is -0.274 e. The molecule has 1 aromatic rings. The van der Waals surface area contributed by atoms with Crippen LogP contribution in [-0.4, -0.2) is 15.5 Å². The molecule has 1 aromatic heterocycles. The second-order valence-electron chi connectivity index (χ2n) is 3.34. The van der Waals surface area contributed by atoms with Crippen molar-refractivity contribution in [2.75, 3.05) is 0 Å². The van der Waals surface area contributed by atoms with Gasteiger partial charge in [-0.1, -0.05) is 13.8 Å². The van der Waals surface area contributed by atoms with Crippen LogP contribution in [0.4, 0.5) is 0 Å². The quantitative estimate of drug-likeness (QED) is 0.672. The molecule has 0 spiro atoms. The Labute approximate surface area is 72.4 Å². The van der Waals surface area contributed by atoms with E-state index in [1.807, 2.05) is 20.8 Å². The molecule has 0 saturated carbocycles. The second kappa shape index (κ2) is 3.52. The van der Waals surface area contributed by atoms with E-state index in [-0.39, 0.29) is 5.91 Å². The molecule has 12 heavy (non-hydrogen) atoms. The highest BCUT2D eigenvalue weighted by molar-refractivity contribution is 5.79. The van der Waals surface area contributed by atoms with E-state index in [4.69, 9.17) is 0 Å². The molecular formula is C9H14N2O. The van der Waals surface area contributed by atoms with Crippen LogP contribution in [0.15, 0.2) is 12.4 Å². The summed E-state index contributed by atoms with van der Waals surface area (Å²) in [5, 5.41) is 0. The Morgan fingerprint density at radius 2 is 2.33 bits per heavy atom. The van der Waals surface area contributed by atoms with Crippen molar-refractivity contribution in [1.82, 2.24) is 9.55 Å². The summed E-state index contributed by atoms with van der Waals surface area (Å²) in [4.78, 5) is 15.4. The Hall–Kier alpha value is -1.12. The summed E-state index contributed by atoms with van der Waals surface area (Å²) in [5.74, 6) is 1.29. The summed E-state index contributed by atoms with van der Waals surface area (Å²) in [5.41, 5.74) is 0. The number of nitrogens with zero attached hydrogens (tertiary/aromatic N) is 2. The molecule has 0 saturated heterocycles. The third-order valence-electron chi connectivity index (χ3n) is 1.68. The van der Waals surface area contributed by atoms with Gasteiger partial charge in [-0.3, -0.25) is 9.36 Å². The van der Waals surface area contributed by atoms with Gasteiger partial charge in [0.1, 0.15) is 5.82 Å². The summed E-state index contributed by atoms with van der Waals surface area (Å²) in [6.07, 6.45) is 3.94. The average Bonchev–Trinajstić information content (AvgIpc) is 2.33. The lowest BCUT2D eigenvalue weighted by Gasteiger charge is -2.05. The minimum atomic E-state index is 0.125. The van der Waals surface area contributed by atoms with E-state index in [9.17, 15) is 4.79 Å². The van der Waals surface area contributed by atoms with Crippen LogP contribution in [-0.2, 0) is 0 Å². The van der Waals surface area contributed by atoms with Gasteiger partial charge in [-0.25, -0.2) is 4.98 Å². The number of carbonyl (C=O) groups is 1. The smallest absolute Gasteiger partial charge is 0.232 e. The number of hydrogen-bond donors (Lipinski definition) is 0. The van der Waals surface area contributed by atoms with Gasteiger partial charge < -0.3 is 0 Å². The Kier molecular flexibility index (Phi) is 2.63. The summed E-state index contributed by atoms with van der Waals surface area (Å²) in [7, 11) is 0. The van der Waals surface area contributed by atoms with Crippen LogP contribution in [0.5, 0.6) is 0 Å². The highest BCUT2D eigenvalue weighted by atomic mass is 16.2. The minimum absolute atomic E-state index is 0.125. The van der Waals surface area contributed by atoms with Crippen molar-refractivity contribution < 1.29 is 4.79 Å². The van der Waals surface area contributed by atoms with Crippen LogP contribution in [0.1, 0.15) is 30.9 Å². The molecule has 0 aliphatic heterocycles. The maximum absolute atomic E-state index is 11.5. The molecule has 0 aliphatic carbocycles. The number of hydrogen-bond acceptors (Lipinski definition) is 2. The van der Waals surface area contributed by atoms with Crippen LogP contribution < -0.4 is 0 Å². The van der Waals surface area contributed by atoms with Gasteiger partial charge in [-0.05, 0) is 12.8 Å². The molecule has 3 heteroatoms. The van der Waals surface area contributed by atoms with Crippen LogP contribution in [0.2, 0.25) is 0 Å². The summed E-state index contributed by atoms with van der Waals surface area (Å²) >= 11 is 0. The van der Waals surface area contributed by atoms with Crippen molar-refractivity contribution in [3.8, 4) is 0 Å². The molecule has 0 unspecified atom stereocenters. The highest BCUT2D eigenvalue weighted by Gasteiger charge is 2.08. The third kappa shape index (κ3) is 1.94. The lowest BCUT2D eigenvalue weighted by molar-refractivity contribution is 0.0884. The Balaban J connectivity index is 2.72. The third-order valence-corrected chi connectivity index (χ3v) is 1.68. The fourth-order valence-corrected chi connectivity index (χ4v) is 1.09. The van der Waals surface area contributed by atoms with E-state index in [0.29, 0.717) is 12.3 Å². The first-order valence-electron chi connectivity index (χ1n) is 4.14. The molecule has 0 aliphatic rings. The lowest BCUT2D eigenvalue weighted by atomic mass is 10.1. The van der Waals surface area contributed by atoms with E-state index in [2.05, 4.69) is 4.98 Å². The van der Waals surface area contributed by atoms with Crippen molar-refractivity contribution in [3.05, 3.63) is 18.2 Å². The van der Waals surface area contributed by atoms with E-state index in [0.717, 1.165) is 5.82 Å². The maximum Gasteiger partial charge on any atom is 0.232 e. The largest absolute Gasteiger partial charge is 0.274 e. The Morgan fingerprint density at radius 1 is 1.67 bits per heavy atom. The SMILES string of the molecule is Cc1nccn1C(=O)CC(C)C. The predicted octanol–water partition coefficient (Wildman–Crippen LogP) is 1.88. The zero-order valence-electron chi connectivity index (χ0n) is 7.74. The van der Waals surface area contributed by atoms with Crippen LogP contribution in [0, 0.1) is 12.8 Å². The van der Waals surface area contributed by atoms with Gasteiger partial charge in [0, 0.05) is 18.8 Å². The second-order valence-corrected chi connectivity index (χ2v) is 3.34. The molecule has 0 N–H and O–H groups in total. The summed E-state index contributed by atoms with van der Waals surface area (Å²) < 4.78 is 1.60. The zero-order chi connectivity index (χ0) is 9.14. The monoisotopic (exact) mass is 166 g/mol. The van der Waals surface area contributed by atoms with Gasteiger partial charge in [0.05, 0.1) is 0 Å². The summed E-state index contributed by atoms with van der Waals surface area (Å²) in [6.45, 7) is 5.90. The first kappa shape index (κ1) is 8.97. The van der Waals surface area contributed by atoms with Gasteiger partial charge in [0.25, 0.3) is 0 Å². The molecule has 1 rings (SSSR count). The number of rotatable bonds is 2. The molecule has 1 heterocycles. The fraction of sp³-hybridized carbons (Fsp3) is 0.556. The van der Waals surface area contributed by atoms with Crippen LogP contribution >= 0.6 is 0 Å². The molecular weight excluding hydrogens is 152 g/mol. The first-order valence-corrected chi connectivity index (χ1v) is 4.14. The zero-order valence-corrected chi connectivity index (χ0v) is 7.74. The van der Waals surface area contributed by atoms with Crippen molar-refractivity contribution in [3.63, 3.8) is 0 Å². The standard InChI is InChI=1S/C9H14N2O/c1-7(2)6-9(12)11-5-4-10-8(11)3/h4-5,7H,6H2,1-3H3. The number of aryl methyl sites for hydroxylation is 1. The maximum atomic E-state index is 11.5. The van der Waals surface area contributed by atoms with E-state index >= 15 is 0 Å². The molecule has 3 nitrogen and oxygen atoms in total. The Morgan fingerprint density at radius 3 is 2.75 bits per heavy atom. The van der Waals surface area contributed by atoms with Crippen molar-refractivity contribution in [2.24, 2.45) is 5.92 Å². The van der Waals surface area contributed by atoms with Crippen LogP contribution in [0.25, 0.3) is 0 Å². The van der Waals surface area contributed by atoms with E-state index < -0.39 is 0 Å². The first-order chi connectivity index (χ1) is 5.61. The van der Waals surface area contributed by atoms with Gasteiger partial charge in [0.2, 0.25) is 5.91 Å². The van der Waals surface area contributed by atoms with E-state index in [1.165, 1.54) is 0 Å². The van der Waals surface area contributed by atoms with Crippen LogP contribution in [0.3, 0.4) is 0 Å². The normalized spacial score (nSPS) is 10.7. The average molecular weight is 166 g/mol. The Bertz CT molecular complexity index is 276. The van der Waals surface area contributed by atoms with Crippen molar-refractivity contribution >= 4 is 5.91 Å². The molecule has 0 radical (unpaired) electrons. The summed E-state index contributed by atoms with van der Waals surface area (Å²) in [6, 6.07) is 0. The van der Waals surface area contributed by atoms with Crippen molar-refractivity contribution in [1.29, 1.82) is 0 Å². The van der Waals surface area contributed by atoms with Gasteiger partial charge in [0.15, 0.2) is 0 Å². The molecule has 0 bridgehead atoms. The molecule has 66 valence electrons. The molecule has 0 aromatic carbocycles. The topological polar surface area (TPSA) is 34.9 Å². The molecule has 0 atom stereocenters. The molecule has 0 amide bonds. The van der Waals surface area contributed by atoms with Gasteiger partial charge in [-0.2, -0.15) is 0 Å². The molecule has 0 fully saturated rings. The number of carbonyl (C=O) groups excluding carboxylic acids is 1. The van der Waals surface area contributed by atoms with Crippen molar-refractivity contribution in [2.45, 2.75) is 27.2 Å². The number of aromatic nitrogens is 2. The highest BCUT2D eigenvalue weighted by Crippen LogP contribution is 2.04. The number of imidazole rings is 1. The predicted molar refractivity (Wildman–Crippen MR) is 47.0 cm³/mol. The van der Waals surface area contributed by atoms with E-state index in [1.54, 1.807) is 17.0 Å². The van der Waals surface area contributed by atoms with Gasteiger partial charge in [-0.15, -0.1) is 0 Å². The fourth-order valence-electron chi connectivity index (χ4n) is 1.09. The van der Waals surface area contributed by atoms with Gasteiger partial charge >= 0.3 is 0 Å².